The van der Waals surface area contributed by atoms with Crippen LogP contribution >= 0.6 is 11.3 Å². The van der Waals surface area contributed by atoms with E-state index in [0.29, 0.717) is 6.42 Å². The number of carbonyl (C=O) groups is 1. The first-order chi connectivity index (χ1) is 17.7. The zero-order valence-electron chi connectivity index (χ0n) is 19.3. The smallest absolute Gasteiger partial charge is 0.302 e. The number of halogens is 2. The van der Waals surface area contributed by atoms with E-state index in [-0.39, 0.29) is 35.4 Å². The predicted octanol–water partition coefficient (Wildman–Crippen LogP) is 0.994. The van der Waals surface area contributed by atoms with Crippen LogP contribution in [0.2, 0.25) is 0 Å². The van der Waals surface area contributed by atoms with Crippen LogP contribution in [0.4, 0.5) is 8.78 Å². The SMILES string of the molecule is NC1CN(C(=O)C(N)n2ccn3c(=O)c(O)c(-c4ncc(Cc5ccc(F)cc5)s4)nc23)CC(CF)O1. The summed E-state index contributed by atoms with van der Waals surface area (Å²) in [7, 11) is 0. The third-order valence-electron chi connectivity index (χ3n) is 5.96. The molecule has 4 aromatic rings. The summed E-state index contributed by atoms with van der Waals surface area (Å²) in [6.07, 6.45) is 1.76. The number of amides is 1. The lowest BCUT2D eigenvalue weighted by atomic mass is 10.1. The van der Waals surface area contributed by atoms with Crippen molar-refractivity contribution in [2.45, 2.75) is 24.9 Å². The Bertz CT molecular complexity index is 1500. The number of ether oxygens (including phenoxy) is 1. The molecular weight excluding hydrogens is 508 g/mol. The molecule has 1 aromatic carbocycles. The highest BCUT2D eigenvalue weighted by Gasteiger charge is 2.33. The van der Waals surface area contributed by atoms with Crippen molar-refractivity contribution >= 4 is 23.0 Å². The Morgan fingerprint density at radius 3 is 2.76 bits per heavy atom. The normalized spacial score (nSPS) is 18.9. The fourth-order valence-electron chi connectivity index (χ4n) is 4.15. The van der Waals surface area contributed by atoms with E-state index in [9.17, 15) is 23.5 Å². The second-order valence-corrected chi connectivity index (χ2v) is 9.68. The van der Waals surface area contributed by atoms with Crippen LogP contribution in [-0.2, 0) is 16.0 Å². The number of hydrogen-bond acceptors (Lipinski definition) is 9. The fraction of sp³-hybridized carbons (Fsp3) is 0.304. The van der Waals surface area contributed by atoms with Gasteiger partial charge < -0.3 is 26.2 Å². The van der Waals surface area contributed by atoms with Gasteiger partial charge in [0.15, 0.2) is 11.9 Å². The molecule has 1 fully saturated rings. The number of hydrogen-bond donors (Lipinski definition) is 3. The van der Waals surface area contributed by atoms with Gasteiger partial charge in [-0.15, -0.1) is 11.3 Å². The summed E-state index contributed by atoms with van der Waals surface area (Å²) < 4.78 is 33.9. The minimum atomic E-state index is -1.30. The number of aromatic hydroxyl groups is 1. The average molecular weight is 532 g/mol. The van der Waals surface area contributed by atoms with Crippen LogP contribution in [0.5, 0.6) is 5.75 Å². The van der Waals surface area contributed by atoms with Gasteiger partial charge in [0, 0.05) is 36.4 Å². The molecule has 194 valence electrons. The van der Waals surface area contributed by atoms with Gasteiger partial charge >= 0.3 is 5.56 Å². The van der Waals surface area contributed by atoms with Crippen LogP contribution in [0.3, 0.4) is 0 Å². The number of benzene rings is 1. The zero-order valence-corrected chi connectivity index (χ0v) is 20.1. The van der Waals surface area contributed by atoms with Crippen molar-refractivity contribution in [1.29, 1.82) is 0 Å². The van der Waals surface area contributed by atoms with E-state index >= 15 is 0 Å². The van der Waals surface area contributed by atoms with Crippen molar-refractivity contribution in [3.63, 3.8) is 0 Å². The summed E-state index contributed by atoms with van der Waals surface area (Å²) >= 11 is 1.21. The number of aromatic nitrogens is 4. The number of alkyl halides is 1. The summed E-state index contributed by atoms with van der Waals surface area (Å²) in [6.45, 7) is -0.807. The number of thiazole rings is 1. The highest BCUT2D eigenvalue weighted by molar-refractivity contribution is 7.15. The van der Waals surface area contributed by atoms with Crippen molar-refractivity contribution < 1.29 is 23.4 Å². The number of carbonyl (C=O) groups excluding carboxylic acids is 1. The van der Waals surface area contributed by atoms with E-state index in [1.807, 2.05) is 0 Å². The molecule has 0 aliphatic carbocycles. The van der Waals surface area contributed by atoms with Crippen LogP contribution in [0.1, 0.15) is 16.6 Å². The molecule has 0 saturated carbocycles. The van der Waals surface area contributed by atoms with Crippen molar-refractivity contribution in [3.05, 3.63) is 69.5 Å². The summed E-state index contributed by atoms with van der Waals surface area (Å²) in [4.78, 5) is 36.8. The molecule has 5 rings (SSSR count). The highest BCUT2D eigenvalue weighted by Crippen LogP contribution is 2.30. The first kappa shape index (κ1) is 25.0. The summed E-state index contributed by atoms with van der Waals surface area (Å²) in [5.41, 5.74) is 12.0. The summed E-state index contributed by atoms with van der Waals surface area (Å²) in [5.74, 6) is -1.50. The molecule has 3 aromatic heterocycles. The Labute approximate surface area is 212 Å². The van der Waals surface area contributed by atoms with E-state index < -0.39 is 42.4 Å². The minimum absolute atomic E-state index is 0.00790. The molecule has 0 spiro atoms. The van der Waals surface area contributed by atoms with Gasteiger partial charge in [0.2, 0.25) is 11.5 Å². The van der Waals surface area contributed by atoms with Crippen LogP contribution in [-0.4, -0.2) is 66.9 Å². The number of rotatable bonds is 6. The van der Waals surface area contributed by atoms with E-state index in [1.54, 1.807) is 18.3 Å². The Morgan fingerprint density at radius 1 is 1.27 bits per heavy atom. The summed E-state index contributed by atoms with van der Waals surface area (Å²) in [5, 5.41) is 10.9. The molecule has 3 unspecified atom stereocenters. The molecule has 5 N–H and O–H groups in total. The molecule has 0 bridgehead atoms. The highest BCUT2D eigenvalue weighted by atomic mass is 32.1. The molecule has 4 heterocycles. The van der Waals surface area contributed by atoms with Crippen molar-refractivity contribution in [3.8, 4) is 16.5 Å². The Hall–Kier alpha value is -3.72. The third kappa shape index (κ3) is 4.83. The number of morpholine rings is 1. The molecule has 1 aliphatic rings. The molecule has 14 heteroatoms. The molecule has 0 radical (unpaired) electrons. The van der Waals surface area contributed by atoms with E-state index in [2.05, 4.69) is 9.97 Å². The van der Waals surface area contributed by atoms with E-state index in [1.165, 1.54) is 45.3 Å². The molecular formula is C23H23F2N7O4S. The maximum atomic E-state index is 13.2. The quantitative estimate of drug-likeness (QED) is 0.333. The molecule has 1 aliphatic heterocycles. The number of imidazole rings is 1. The molecule has 1 saturated heterocycles. The van der Waals surface area contributed by atoms with Crippen molar-refractivity contribution in [2.24, 2.45) is 11.5 Å². The van der Waals surface area contributed by atoms with Gasteiger partial charge in [-0.25, -0.2) is 23.1 Å². The third-order valence-corrected chi connectivity index (χ3v) is 6.96. The van der Waals surface area contributed by atoms with Gasteiger partial charge in [0.05, 0.1) is 6.54 Å². The molecule has 37 heavy (non-hydrogen) atoms. The van der Waals surface area contributed by atoms with Crippen molar-refractivity contribution in [1.82, 2.24) is 23.8 Å². The topological polar surface area (TPSA) is 154 Å². The minimum Gasteiger partial charge on any atom is -0.501 e. The van der Waals surface area contributed by atoms with Crippen LogP contribution in [0.25, 0.3) is 16.5 Å². The molecule has 1 amide bonds. The van der Waals surface area contributed by atoms with E-state index in [0.717, 1.165) is 14.8 Å². The largest absolute Gasteiger partial charge is 0.501 e. The van der Waals surface area contributed by atoms with Crippen LogP contribution in [0, 0.1) is 5.82 Å². The van der Waals surface area contributed by atoms with E-state index in [4.69, 9.17) is 16.2 Å². The lowest BCUT2D eigenvalue weighted by Gasteiger charge is -2.36. The van der Waals surface area contributed by atoms with Gasteiger partial charge in [0.25, 0.3) is 5.91 Å². The molecule has 11 nitrogen and oxygen atoms in total. The first-order valence-electron chi connectivity index (χ1n) is 11.3. The van der Waals surface area contributed by atoms with Gasteiger partial charge in [-0.1, -0.05) is 12.1 Å². The fourth-order valence-corrected chi connectivity index (χ4v) is 5.08. The molecule has 3 atom stereocenters. The van der Waals surface area contributed by atoms with Crippen LogP contribution < -0.4 is 17.0 Å². The zero-order chi connectivity index (χ0) is 26.3. The van der Waals surface area contributed by atoms with Gasteiger partial charge in [-0.2, -0.15) is 0 Å². The standard InChI is InChI=1S/C23H23F2N7O4S/c24-8-14-10-30(11-16(26)36-14)22(35)19(27)31-5-6-32-21(34)18(33)17(29-23(31)32)20-28-9-15(37-20)7-12-1-3-13(25)4-2-12/h1-6,9,14,16,19,33H,7-8,10-11,26-27H2. The number of fused-ring (bicyclic) bond motifs is 1. The Morgan fingerprint density at radius 2 is 2.03 bits per heavy atom. The average Bonchev–Trinajstić information content (AvgIpc) is 3.53. The predicted molar refractivity (Wildman–Crippen MR) is 130 cm³/mol. The van der Waals surface area contributed by atoms with Crippen molar-refractivity contribution in [2.75, 3.05) is 19.8 Å². The second kappa shape index (κ2) is 9.97. The lowest BCUT2D eigenvalue weighted by molar-refractivity contribution is -0.149. The number of nitrogens with two attached hydrogens (primary N) is 2. The first-order valence-corrected chi connectivity index (χ1v) is 12.1. The monoisotopic (exact) mass is 531 g/mol. The van der Waals surface area contributed by atoms with Gasteiger partial charge in [-0.05, 0) is 17.7 Å². The summed E-state index contributed by atoms with van der Waals surface area (Å²) in [6, 6.07) is 6.04. The lowest BCUT2D eigenvalue weighted by Crippen LogP contribution is -2.56. The number of nitrogens with zero attached hydrogens (tertiary/aromatic N) is 5. The second-order valence-electron chi connectivity index (χ2n) is 8.56. The van der Waals surface area contributed by atoms with Gasteiger partial charge in [0.1, 0.15) is 29.8 Å². The van der Waals surface area contributed by atoms with Crippen LogP contribution in [0.15, 0.2) is 47.7 Å². The Kier molecular flexibility index (Phi) is 6.72. The Balaban J connectivity index is 1.46. The maximum Gasteiger partial charge on any atom is 0.302 e. The maximum absolute atomic E-state index is 13.2. The van der Waals surface area contributed by atoms with Gasteiger partial charge in [-0.3, -0.25) is 14.2 Å².